The Balaban J connectivity index is 1.40. The van der Waals surface area contributed by atoms with Crippen molar-refractivity contribution in [2.24, 2.45) is 11.8 Å². The van der Waals surface area contributed by atoms with Gasteiger partial charge in [-0.1, -0.05) is 52.2 Å². The van der Waals surface area contributed by atoms with Gasteiger partial charge in [0.05, 0.1) is 34.8 Å². The Kier molecular flexibility index (Phi) is 9.15. The van der Waals surface area contributed by atoms with E-state index in [1.807, 2.05) is 31.5 Å². The first-order valence-corrected chi connectivity index (χ1v) is 16.0. The summed E-state index contributed by atoms with van der Waals surface area (Å²) >= 11 is 1.71. The molecule has 2 aromatic heterocycles. The number of benzene rings is 1. The van der Waals surface area contributed by atoms with E-state index < -0.39 is 6.10 Å². The second-order valence-corrected chi connectivity index (χ2v) is 14.1. The first kappa shape index (κ1) is 29.7. The normalized spacial score (nSPS) is 22.7. The van der Waals surface area contributed by atoms with Crippen LogP contribution in [-0.2, 0) is 10.2 Å². The van der Waals surface area contributed by atoms with Crippen molar-refractivity contribution in [1.82, 2.24) is 15.3 Å². The largest absolute Gasteiger partial charge is 0.496 e. The SMILES string of the molecule is COc1ccc(C2CCC(C(NC(=O)C3CCCCC3)c3cc(-c4cnc(C(C)(C)C)s4)ccn3)CC2O)cc1C. The Morgan fingerprint density at radius 2 is 1.85 bits per heavy atom. The van der Waals surface area contributed by atoms with E-state index in [1.165, 1.54) is 6.42 Å². The van der Waals surface area contributed by atoms with Gasteiger partial charge in [-0.2, -0.15) is 0 Å². The molecular formula is C34H45N3O3S. The van der Waals surface area contributed by atoms with Gasteiger partial charge in [-0.05, 0) is 79.8 Å². The number of nitrogens with one attached hydrogen (secondary N) is 1. The second-order valence-electron chi connectivity index (χ2n) is 13.0. The van der Waals surface area contributed by atoms with E-state index in [0.29, 0.717) is 6.42 Å². The number of ether oxygens (including phenoxy) is 1. The Bertz CT molecular complexity index is 1340. The van der Waals surface area contributed by atoms with Crippen LogP contribution in [-0.4, -0.2) is 34.2 Å². The van der Waals surface area contributed by atoms with Gasteiger partial charge >= 0.3 is 0 Å². The lowest BCUT2D eigenvalue weighted by Crippen LogP contribution is -2.41. The van der Waals surface area contributed by atoms with E-state index in [0.717, 1.165) is 76.5 Å². The maximum absolute atomic E-state index is 13.5. The van der Waals surface area contributed by atoms with E-state index in [9.17, 15) is 9.90 Å². The molecule has 1 amide bonds. The lowest BCUT2D eigenvalue weighted by atomic mass is 9.73. The van der Waals surface area contributed by atoms with Gasteiger partial charge in [-0.25, -0.2) is 4.98 Å². The smallest absolute Gasteiger partial charge is 0.223 e. The first-order valence-electron chi connectivity index (χ1n) is 15.2. The highest BCUT2D eigenvalue weighted by Crippen LogP contribution is 2.43. The van der Waals surface area contributed by atoms with Crippen molar-refractivity contribution in [2.45, 2.75) is 103 Å². The first-order chi connectivity index (χ1) is 19.6. The number of thiazole rings is 1. The highest BCUT2D eigenvalue weighted by Gasteiger charge is 2.37. The number of hydrogen-bond donors (Lipinski definition) is 2. The number of hydrogen-bond acceptors (Lipinski definition) is 6. The zero-order valence-corrected chi connectivity index (χ0v) is 26.0. The second kappa shape index (κ2) is 12.6. The number of carbonyl (C=O) groups is 1. The molecule has 2 N–H and O–H groups in total. The minimum absolute atomic E-state index is 0.00746. The van der Waals surface area contributed by atoms with E-state index >= 15 is 0 Å². The van der Waals surface area contributed by atoms with Crippen molar-refractivity contribution < 1.29 is 14.6 Å². The maximum Gasteiger partial charge on any atom is 0.223 e. The van der Waals surface area contributed by atoms with Crippen molar-refractivity contribution in [3.05, 3.63) is 64.6 Å². The van der Waals surface area contributed by atoms with Crippen molar-refractivity contribution in [2.75, 3.05) is 7.11 Å². The summed E-state index contributed by atoms with van der Waals surface area (Å²) in [6, 6.07) is 10.1. The number of aromatic nitrogens is 2. The average molecular weight is 576 g/mol. The summed E-state index contributed by atoms with van der Waals surface area (Å²) < 4.78 is 5.45. The molecule has 41 heavy (non-hydrogen) atoms. The molecule has 0 bridgehead atoms. The lowest BCUT2D eigenvalue weighted by molar-refractivity contribution is -0.127. The van der Waals surface area contributed by atoms with Crippen LogP contribution in [0.15, 0.2) is 42.7 Å². The minimum Gasteiger partial charge on any atom is -0.496 e. The van der Waals surface area contributed by atoms with E-state index in [-0.39, 0.29) is 35.1 Å². The van der Waals surface area contributed by atoms with Crippen LogP contribution in [0.2, 0.25) is 0 Å². The van der Waals surface area contributed by atoms with Crippen LogP contribution in [0.4, 0.5) is 0 Å². The van der Waals surface area contributed by atoms with Crippen molar-refractivity contribution >= 4 is 17.2 Å². The number of rotatable bonds is 7. The third kappa shape index (κ3) is 6.83. The van der Waals surface area contributed by atoms with Gasteiger partial charge in [-0.3, -0.25) is 9.78 Å². The third-order valence-electron chi connectivity index (χ3n) is 8.98. The van der Waals surface area contributed by atoms with Crippen LogP contribution in [0.25, 0.3) is 10.4 Å². The van der Waals surface area contributed by atoms with Crippen LogP contribution in [0, 0.1) is 18.8 Å². The van der Waals surface area contributed by atoms with Gasteiger partial charge < -0.3 is 15.2 Å². The highest BCUT2D eigenvalue weighted by atomic mass is 32.1. The van der Waals surface area contributed by atoms with E-state index in [2.05, 4.69) is 49.3 Å². The Hall–Kier alpha value is -2.77. The molecule has 2 fully saturated rings. The summed E-state index contributed by atoms with van der Waals surface area (Å²) in [6.07, 6.45) is 11.0. The predicted octanol–water partition coefficient (Wildman–Crippen LogP) is 7.50. The zero-order valence-electron chi connectivity index (χ0n) is 25.2. The monoisotopic (exact) mass is 575 g/mol. The molecule has 220 valence electrons. The minimum atomic E-state index is -0.491. The summed E-state index contributed by atoms with van der Waals surface area (Å²) in [6.45, 7) is 8.58. The Morgan fingerprint density at radius 3 is 2.51 bits per heavy atom. The fourth-order valence-electron chi connectivity index (χ4n) is 6.60. The summed E-state index contributed by atoms with van der Waals surface area (Å²) in [5, 5.41) is 16.0. The van der Waals surface area contributed by atoms with Gasteiger partial charge in [-0.15, -0.1) is 11.3 Å². The highest BCUT2D eigenvalue weighted by molar-refractivity contribution is 7.15. The number of carbonyl (C=O) groups excluding carboxylic acids is 1. The van der Waals surface area contributed by atoms with Crippen LogP contribution < -0.4 is 10.1 Å². The van der Waals surface area contributed by atoms with Crippen molar-refractivity contribution in [1.29, 1.82) is 0 Å². The molecule has 0 radical (unpaired) electrons. The molecule has 1 aromatic carbocycles. The summed E-state index contributed by atoms with van der Waals surface area (Å²) in [4.78, 5) is 24.1. The molecule has 5 rings (SSSR count). The number of aliphatic hydroxyl groups excluding tert-OH is 1. The fourth-order valence-corrected chi connectivity index (χ4v) is 7.57. The molecule has 0 saturated heterocycles. The molecule has 3 aromatic rings. The van der Waals surface area contributed by atoms with Crippen LogP contribution in [0.3, 0.4) is 0 Å². The van der Waals surface area contributed by atoms with Gasteiger partial charge in [0, 0.05) is 29.6 Å². The van der Waals surface area contributed by atoms with Gasteiger partial charge in [0.2, 0.25) is 5.91 Å². The molecule has 2 aliphatic carbocycles. The lowest BCUT2D eigenvalue weighted by Gasteiger charge is -2.38. The maximum atomic E-state index is 13.5. The number of amides is 1. The number of nitrogens with zero attached hydrogens (tertiary/aromatic N) is 2. The predicted molar refractivity (Wildman–Crippen MR) is 165 cm³/mol. The molecule has 0 spiro atoms. The molecule has 2 saturated carbocycles. The molecule has 4 unspecified atom stereocenters. The molecule has 2 aliphatic rings. The molecule has 4 atom stereocenters. The van der Waals surface area contributed by atoms with Crippen molar-refractivity contribution in [3.8, 4) is 16.2 Å². The summed E-state index contributed by atoms with van der Waals surface area (Å²) in [7, 11) is 1.69. The topological polar surface area (TPSA) is 84.3 Å². The molecule has 0 aliphatic heterocycles. The number of methoxy groups -OCH3 is 1. The molecule has 6 nitrogen and oxygen atoms in total. The number of aliphatic hydroxyl groups is 1. The number of aryl methyl sites for hydroxylation is 1. The molecule has 2 heterocycles. The van der Waals surface area contributed by atoms with Gasteiger partial charge in [0.15, 0.2) is 0 Å². The Labute approximate surface area is 249 Å². The van der Waals surface area contributed by atoms with Gasteiger partial charge in [0.1, 0.15) is 5.75 Å². The van der Waals surface area contributed by atoms with Crippen LogP contribution >= 0.6 is 11.3 Å². The standard InChI is InChI=1S/C34H45N3O3S/c1-21-17-23(12-14-29(21)40-5)26-13-11-25(19-28(26)38)31(37-32(39)22-9-7-6-8-10-22)27-18-24(15-16-35-27)30-20-36-33(41-30)34(2,3)4/h12,14-18,20,22,25-26,28,31,38H,6-11,13,19H2,1-5H3,(H,37,39). The third-order valence-corrected chi connectivity index (χ3v) is 10.5. The Morgan fingerprint density at radius 1 is 1.07 bits per heavy atom. The summed E-state index contributed by atoms with van der Waals surface area (Å²) in [5.74, 6) is 1.23. The van der Waals surface area contributed by atoms with E-state index in [4.69, 9.17) is 9.72 Å². The van der Waals surface area contributed by atoms with Crippen molar-refractivity contribution in [3.63, 3.8) is 0 Å². The zero-order chi connectivity index (χ0) is 29.1. The summed E-state index contributed by atoms with van der Waals surface area (Å²) in [5.41, 5.74) is 4.16. The number of pyridine rings is 1. The van der Waals surface area contributed by atoms with E-state index in [1.54, 1.807) is 18.4 Å². The van der Waals surface area contributed by atoms with Gasteiger partial charge in [0.25, 0.3) is 0 Å². The fraction of sp³-hybridized carbons (Fsp3) is 0.559. The van der Waals surface area contributed by atoms with Crippen LogP contribution in [0.5, 0.6) is 5.75 Å². The molecular weight excluding hydrogens is 530 g/mol. The molecule has 7 heteroatoms. The average Bonchev–Trinajstić information content (AvgIpc) is 3.48. The van der Waals surface area contributed by atoms with Crippen LogP contribution in [0.1, 0.15) is 106 Å². The quantitative estimate of drug-likeness (QED) is 0.305.